The van der Waals surface area contributed by atoms with E-state index in [0.717, 1.165) is 25.3 Å². The third-order valence-electron chi connectivity index (χ3n) is 3.99. The standard InChI is InChI=1S/C16H24O3S/c1-3-4-5-6-7-8-9-16(2)11-13(20)12(15(16)19)10-14(17)18/h10H,3-9,11H2,1-2H3,(H,17,18)/b12-10+. The molecule has 1 aliphatic rings. The normalized spacial score (nSPS) is 24.6. The zero-order chi connectivity index (χ0) is 15.2. The molecule has 0 aromatic heterocycles. The molecule has 0 spiro atoms. The van der Waals surface area contributed by atoms with Crippen molar-refractivity contribution in [3.05, 3.63) is 11.6 Å². The van der Waals surface area contributed by atoms with Gasteiger partial charge in [0.1, 0.15) is 0 Å². The van der Waals surface area contributed by atoms with Gasteiger partial charge >= 0.3 is 5.97 Å². The summed E-state index contributed by atoms with van der Waals surface area (Å²) in [5.74, 6) is -1.18. The van der Waals surface area contributed by atoms with Gasteiger partial charge in [0.2, 0.25) is 0 Å². The van der Waals surface area contributed by atoms with Gasteiger partial charge in [-0.15, -0.1) is 0 Å². The predicted octanol–water partition coefficient (Wildman–Crippen LogP) is 4.10. The maximum absolute atomic E-state index is 12.3. The van der Waals surface area contributed by atoms with Crippen LogP contribution in [-0.4, -0.2) is 21.7 Å². The molecule has 1 rings (SSSR count). The van der Waals surface area contributed by atoms with Gasteiger partial charge in [-0.05, 0) is 12.8 Å². The highest BCUT2D eigenvalue weighted by atomic mass is 32.1. The van der Waals surface area contributed by atoms with Crippen molar-refractivity contribution < 1.29 is 14.7 Å². The lowest BCUT2D eigenvalue weighted by molar-refractivity contribution is -0.132. The van der Waals surface area contributed by atoms with Crippen molar-refractivity contribution in [2.24, 2.45) is 5.41 Å². The molecule has 1 N–H and O–H groups in total. The van der Waals surface area contributed by atoms with Gasteiger partial charge in [-0.2, -0.15) is 0 Å². The number of Topliss-reactive ketones (excluding diaryl/α,β-unsaturated/α-hetero) is 1. The molecule has 0 bridgehead atoms. The minimum absolute atomic E-state index is 0.0848. The molecule has 4 heteroatoms. The van der Waals surface area contributed by atoms with Gasteiger partial charge in [-0.3, -0.25) is 4.79 Å². The summed E-state index contributed by atoms with van der Waals surface area (Å²) in [6.45, 7) is 4.10. The number of rotatable bonds is 8. The second kappa shape index (κ2) is 7.67. The van der Waals surface area contributed by atoms with Crippen molar-refractivity contribution in [3.8, 4) is 0 Å². The van der Waals surface area contributed by atoms with Crippen LogP contribution in [0.2, 0.25) is 0 Å². The van der Waals surface area contributed by atoms with Crippen molar-refractivity contribution in [1.29, 1.82) is 0 Å². The lowest BCUT2D eigenvalue weighted by Crippen LogP contribution is -2.22. The van der Waals surface area contributed by atoms with Gasteiger partial charge in [0.05, 0.1) is 0 Å². The minimum atomic E-state index is -1.10. The molecule has 1 unspecified atom stereocenters. The number of carbonyl (C=O) groups is 2. The first kappa shape index (κ1) is 17.0. The molecule has 20 heavy (non-hydrogen) atoms. The molecule has 0 radical (unpaired) electrons. The van der Waals surface area contributed by atoms with Gasteiger partial charge in [-0.1, -0.05) is 64.6 Å². The number of hydrogen-bond donors (Lipinski definition) is 1. The van der Waals surface area contributed by atoms with Crippen molar-refractivity contribution in [2.45, 2.75) is 65.2 Å². The first-order valence-electron chi connectivity index (χ1n) is 7.43. The highest BCUT2D eigenvalue weighted by molar-refractivity contribution is 7.81. The fourth-order valence-corrected chi connectivity index (χ4v) is 3.22. The molecule has 1 atom stereocenters. The first-order chi connectivity index (χ1) is 9.40. The van der Waals surface area contributed by atoms with E-state index in [-0.39, 0.29) is 11.4 Å². The summed E-state index contributed by atoms with van der Waals surface area (Å²) in [5.41, 5.74) is -0.246. The molecule has 0 saturated heterocycles. The smallest absolute Gasteiger partial charge is 0.329 e. The third-order valence-corrected chi connectivity index (χ3v) is 4.36. The Morgan fingerprint density at radius 2 is 1.90 bits per heavy atom. The van der Waals surface area contributed by atoms with Crippen LogP contribution >= 0.6 is 12.2 Å². The molecule has 0 aliphatic heterocycles. The lowest BCUT2D eigenvalue weighted by atomic mass is 9.81. The summed E-state index contributed by atoms with van der Waals surface area (Å²) in [4.78, 5) is 23.6. The van der Waals surface area contributed by atoms with E-state index < -0.39 is 11.4 Å². The Morgan fingerprint density at radius 1 is 1.30 bits per heavy atom. The van der Waals surface area contributed by atoms with Crippen LogP contribution in [0.15, 0.2) is 11.6 Å². The molecule has 1 aliphatic carbocycles. The Bertz CT molecular complexity index is 425. The van der Waals surface area contributed by atoms with Crippen LogP contribution in [0.25, 0.3) is 0 Å². The van der Waals surface area contributed by atoms with E-state index >= 15 is 0 Å². The van der Waals surface area contributed by atoms with Crippen molar-refractivity contribution in [3.63, 3.8) is 0 Å². The lowest BCUT2D eigenvalue weighted by Gasteiger charge is -2.20. The van der Waals surface area contributed by atoms with E-state index in [2.05, 4.69) is 6.92 Å². The van der Waals surface area contributed by atoms with Crippen molar-refractivity contribution in [1.82, 2.24) is 0 Å². The largest absolute Gasteiger partial charge is 0.478 e. The Labute approximate surface area is 126 Å². The molecule has 0 amide bonds. The molecular weight excluding hydrogens is 272 g/mol. The number of carboxylic acids is 1. The highest BCUT2D eigenvalue weighted by Crippen LogP contribution is 2.40. The van der Waals surface area contributed by atoms with Crippen LogP contribution in [0, 0.1) is 5.41 Å². The van der Waals surface area contributed by atoms with E-state index in [1.807, 2.05) is 6.92 Å². The van der Waals surface area contributed by atoms with Crippen LogP contribution in [-0.2, 0) is 9.59 Å². The Hall–Kier alpha value is -1.03. The fraction of sp³-hybridized carbons (Fsp3) is 0.688. The number of hydrogen-bond acceptors (Lipinski definition) is 3. The summed E-state index contributed by atoms with van der Waals surface area (Å²) in [7, 11) is 0. The van der Waals surface area contributed by atoms with E-state index in [1.54, 1.807) is 0 Å². The zero-order valence-electron chi connectivity index (χ0n) is 12.4. The van der Waals surface area contributed by atoms with Crippen molar-refractivity contribution in [2.75, 3.05) is 0 Å². The quantitative estimate of drug-likeness (QED) is 0.416. The molecule has 0 heterocycles. The maximum atomic E-state index is 12.3. The second-order valence-electron chi connectivity index (χ2n) is 5.90. The van der Waals surface area contributed by atoms with Gasteiger partial charge in [0, 0.05) is 21.9 Å². The molecule has 0 aromatic carbocycles. The van der Waals surface area contributed by atoms with Crippen LogP contribution in [0.4, 0.5) is 0 Å². The molecule has 3 nitrogen and oxygen atoms in total. The number of carboxylic acid groups (broad SMARTS) is 1. The van der Waals surface area contributed by atoms with Gasteiger partial charge in [0.25, 0.3) is 0 Å². The fourth-order valence-electron chi connectivity index (χ4n) is 2.75. The zero-order valence-corrected chi connectivity index (χ0v) is 13.2. The molecular formula is C16H24O3S. The summed E-state index contributed by atoms with van der Waals surface area (Å²) in [6.07, 6.45) is 9.40. The Morgan fingerprint density at radius 3 is 2.50 bits per heavy atom. The number of carbonyl (C=O) groups excluding carboxylic acids is 1. The Kier molecular flexibility index (Phi) is 6.53. The van der Waals surface area contributed by atoms with Crippen LogP contribution in [0.5, 0.6) is 0 Å². The predicted molar refractivity (Wildman–Crippen MR) is 84.0 cm³/mol. The van der Waals surface area contributed by atoms with E-state index in [4.69, 9.17) is 17.3 Å². The first-order valence-corrected chi connectivity index (χ1v) is 7.84. The summed E-state index contributed by atoms with van der Waals surface area (Å²) < 4.78 is 0. The number of ketones is 1. The maximum Gasteiger partial charge on any atom is 0.329 e. The Balaban J connectivity index is 2.51. The number of thiocarbonyl (C=S) groups is 1. The van der Waals surface area contributed by atoms with Gasteiger partial charge < -0.3 is 5.11 Å². The van der Waals surface area contributed by atoms with Gasteiger partial charge in [-0.25, -0.2) is 4.79 Å². The van der Waals surface area contributed by atoms with E-state index in [9.17, 15) is 9.59 Å². The van der Waals surface area contributed by atoms with E-state index in [0.29, 0.717) is 11.3 Å². The van der Waals surface area contributed by atoms with Crippen LogP contribution in [0.1, 0.15) is 65.2 Å². The number of unbranched alkanes of at least 4 members (excludes halogenated alkanes) is 5. The minimum Gasteiger partial charge on any atom is -0.478 e. The third kappa shape index (κ3) is 4.51. The highest BCUT2D eigenvalue weighted by Gasteiger charge is 2.43. The monoisotopic (exact) mass is 296 g/mol. The number of allylic oxidation sites excluding steroid dienone is 1. The SMILES string of the molecule is CCCCCCCCC1(C)CC(=S)/C(=C\C(=O)O)C1=O. The summed E-state index contributed by atoms with van der Waals surface area (Å²) >= 11 is 5.17. The van der Waals surface area contributed by atoms with Crippen LogP contribution < -0.4 is 0 Å². The molecule has 1 fully saturated rings. The average molecular weight is 296 g/mol. The van der Waals surface area contributed by atoms with E-state index in [1.165, 1.54) is 25.7 Å². The van der Waals surface area contributed by atoms with Gasteiger partial charge in [0.15, 0.2) is 5.78 Å². The molecule has 0 aromatic rings. The summed E-state index contributed by atoms with van der Waals surface area (Å²) in [5, 5.41) is 8.79. The molecule has 1 saturated carbocycles. The van der Waals surface area contributed by atoms with Crippen LogP contribution in [0.3, 0.4) is 0 Å². The number of aliphatic carboxylic acids is 1. The second-order valence-corrected chi connectivity index (χ2v) is 6.40. The molecule has 112 valence electrons. The summed E-state index contributed by atoms with van der Waals surface area (Å²) in [6, 6.07) is 0. The average Bonchev–Trinajstić information content (AvgIpc) is 2.57. The topological polar surface area (TPSA) is 54.4 Å². The van der Waals surface area contributed by atoms with Crippen molar-refractivity contribution >= 4 is 28.8 Å².